The van der Waals surface area contributed by atoms with Crippen molar-refractivity contribution in [3.05, 3.63) is 5.53 Å². The molecule has 0 amide bonds. The van der Waals surface area contributed by atoms with Crippen LogP contribution in [-0.2, 0) is 9.53 Å². The number of ether oxygens (including phenoxy) is 1. The first kappa shape index (κ1) is 13.6. The maximum Gasteiger partial charge on any atom is 0.428 e. The number of halogens is 3. The van der Waals surface area contributed by atoms with Gasteiger partial charge in [0.2, 0.25) is 0 Å². The average Bonchev–Trinajstić information content (AvgIpc) is 2.03. The third-order valence-electron chi connectivity index (χ3n) is 1.58. The summed E-state index contributed by atoms with van der Waals surface area (Å²) in [6.45, 7) is 1.44. The standard InChI is InChI=1S/C7H9F3N2O3/c1-3-15-5(13)4(12-11)6(2,14)7(8,9)10/h14H,3H2,1-2H3. The lowest BCUT2D eigenvalue weighted by Gasteiger charge is -2.20. The number of aliphatic hydroxyl groups is 1. The lowest BCUT2D eigenvalue weighted by molar-refractivity contribution is -0.235. The van der Waals surface area contributed by atoms with E-state index in [0.29, 0.717) is 6.92 Å². The second-order valence-corrected chi connectivity index (χ2v) is 2.74. The van der Waals surface area contributed by atoms with Crippen LogP contribution in [0.4, 0.5) is 13.2 Å². The monoisotopic (exact) mass is 226 g/mol. The molecule has 1 unspecified atom stereocenters. The van der Waals surface area contributed by atoms with Crippen molar-refractivity contribution >= 4 is 11.7 Å². The van der Waals surface area contributed by atoms with Gasteiger partial charge in [-0.3, -0.25) is 0 Å². The summed E-state index contributed by atoms with van der Waals surface area (Å²) in [6.07, 6.45) is -5.14. The zero-order valence-corrected chi connectivity index (χ0v) is 8.00. The molecule has 0 aromatic carbocycles. The van der Waals surface area contributed by atoms with E-state index in [1.165, 1.54) is 6.92 Å². The predicted molar refractivity (Wildman–Crippen MR) is 41.9 cm³/mol. The van der Waals surface area contributed by atoms with Gasteiger partial charge in [-0.05, 0) is 13.8 Å². The summed E-state index contributed by atoms with van der Waals surface area (Å²) < 4.78 is 40.9. The SMILES string of the molecule is CCOC(=O)C(=[N+]=[N-])C(C)(O)C(F)(F)F. The van der Waals surface area contributed by atoms with Gasteiger partial charge in [-0.1, -0.05) is 0 Å². The number of hydrogen-bond donors (Lipinski definition) is 1. The van der Waals surface area contributed by atoms with E-state index in [-0.39, 0.29) is 6.61 Å². The van der Waals surface area contributed by atoms with Crippen molar-refractivity contribution in [3.63, 3.8) is 0 Å². The zero-order chi connectivity index (χ0) is 12.3. The Hall–Kier alpha value is -1.40. The van der Waals surface area contributed by atoms with Crippen molar-refractivity contribution in [2.24, 2.45) is 0 Å². The fraction of sp³-hybridized carbons (Fsp3) is 0.714. The van der Waals surface area contributed by atoms with E-state index in [2.05, 4.69) is 9.53 Å². The lowest BCUT2D eigenvalue weighted by atomic mass is 10.00. The molecule has 0 aromatic rings. The Bertz CT molecular complexity index is 305. The van der Waals surface area contributed by atoms with Gasteiger partial charge in [0.1, 0.15) is 0 Å². The van der Waals surface area contributed by atoms with Crippen LogP contribution in [0, 0.1) is 0 Å². The minimum Gasteiger partial charge on any atom is -0.457 e. The van der Waals surface area contributed by atoms with Gasteiger partial charge in [-0.25, -0.2) is 4.79 Å². The topological polar surface area (TPSA) is 82.9 Å². The third kappa shape index (κ3) is 2.77. The van der Waals surface area contributed by atoms with Crippen molar-refractivity contribution in [3.8, 4) is 0 Å². The van der Waals surface area contributed by atoms with Crippen molar-refractivity contribution in [2.45, 2.75) is 25.6 Å². The summed E-state index contributed by atoms with van der Waals surface area (Å²) >= 11 is 0. The van der Waals surface area contributed by atoms with Gasteiger partial charge in [0.25, 0.3) is 5.60 Å². The molecule has 0 aromatic heterocycles. The number of carbonyl (C=O) groups is 1. The minimum absolute atomic E-state index is 0.203. The normalized spacial score (nSPS) is 15.1. The van der Waals surface area contributed by atoms with Crippen LogP contribution in [0.15, 0.2) is 0 Å². The molecule has 0 radical (unpaired) electrons. The number of nitrogens with zero attached hydrogens (tertiary/aromatic N) is 2. The first-order chi connectivity index (χ1) is 6.68. The molecule has 8 heteroatoms. The Morgan fingerprint density at radius 1 is 1.53 bits per heavy atom. The van der Waals surface area contributed by atoms with Crippen LogP contribution < -0.4 is 0 Å². The van der Waals surface area contributed by atoms with Crippen molar-refractivity contribution < 1.29 is 32.6 Å². The second-order valence-electron chi connectivity index (χ2n) is 2.74. The molecule has 0 heterocycles. The minimum atomic E-state index is -5.14. The van der Waals surface area contributed by atoms with E-state index >= 15 is 0 Å². The quantitative estimate of drug-likeness (QED) is 0.330. The van der Waals surface area contributed by atoms with Crippen LogP contribution >= 0.6 is 0 Å². The van der Waals surface area contributed by atoms with Crippen LogP contribution in [0.25, 0.3) is 5.53 Å². The molecular weight excluding hydrogens is 217 g/mol. The number of hydrogen-bond acceptors (Lipinski definition) is 3. The fourth-order valence-corrected chi connectivity index (χ4v) is 0.671. The summed E-state index contributed by atoms with van der Waals surface area (Å²) in [7, 11) is 0. The molecule has 0 bridgehead atoms. The number of alkyl halides is 3. The summed E-state index contributed by atoms with van der Waals surface area (Å²) in [4.78, 5) is 13.0. The number of esters is 1. The molecule has 15 heavy (non-hydrogen) atoms. The fourth-order valence-electron chi connectivity index (χ4n) is 0.671. The third-order valence-corrected chi connectivity index (χ3v) is 1.58. The summed E-state index contributed by atoms with van der Waals surface area (Å²) in [5, 5.41) is 8.99. The smallest absolute Gasteiger partial charge is 0.428 e. The maximum atomic E-state index is 12.2. The highest BCUT2D eigenvalue weighted by Crippen LogP contribution is 2.30. The van der Waals surface area contributed by atoms with Crippen LogP contribution in [0.1, 0.15) is 13.8 Å². The van der Waals surface area contributed by atoms with Crippen LogP contribution in [0.5, 0.6) is 0 Å². The summed E-state index contributed by atoms with van der Waals surface area (Å²) in [5.41, 5.74) is 3.20. The molecule has 0 rings (SSSR count). The van der Waals surface area contributed by atoms with Gasteiger partial charge < -0.3 is 15.4 Å². The highest BCUT2D eigenvalue weighted by atomic mass is 19.4. The first-order valence-corrected chi connectivity index (χ1v) is 3.87. The Kier molecular flexibility index (Phi) is 4.00. The first-order valence-electron chi connectivity index (χ1n) is 3.87. The Morgan fingerprint density at radius 2 is 2.00 bits per heavy atom. The molecule has 0 saturated carbocycles. The van der Waals surface area contributed by atoms with Crippen LogP contribution in [0.3, 0.4) is 0 Å². The van der Waals surface area contributed by atoms with Gasteiger partial charge in [0.15, 0.2) is 0 Å². The van der Waals surface area contributed by atoms with Gasteiger partial charge in [0.05, 0.1) is 6.61 Å². The molecule has 1 atom stereocenters. The van der Waals surface area contributed by atoms with Crippen LogP contribution in [-0.4, -0.2) is 40.0 Å². The number of carbonyl (C=O) groups excluding carboxylic acids is 1. The van der Waals surface area contributed by atoms with E-state index in [1.807, 2.05) is 0 Å². The van der Waals surface area contributed by atoms with Gasteiger partial charge in [0, 0.05) is 0 Å². The van der Waals surface area contributed by atoms with E-state index in [9.17, 15) is 18.0 Å². The highest BCUT2D eigenvalue weighted by molar-refractivity contribution is 6.37. The maximum absolute atomic E-state index is 12.2. The van der Waals surface area contributed by atoms with Gasteiger partial charge in [-0.2, -0.15) is 18.0 Å². The summed E-state index contributed by atoms with van der Waals surface area (Å²) in [5.74, 6) is -1.53. The molecule has 0 saturated heterocycles. The van der Waals surface area contributed by atoms with Gasteiger partial charge >= 0.3 is 17.9 Å². The molecule has 0 aliphatic carbocycles. The van der Waals surface area contributed by atoms with E-state index in [1.54, 1.807) is 0 Å². The number of rotatable bonds is 3. The Labute approximate surface area is 83.1 Å². The zero-order valence-electron chi connectivity index (χ0n) is 8.00. The Balaban J connectivity index is 5.18. The second kappa shape index (κ2) is 4.41. The van der Waals surface area contributed by atoms with Crippen LogP contribution in [0.2, 0.25) is 0 Å². The Morgan fingerprint density at radius 3 is 2.27 bits per heavy atom. The predicted octanol–water partition coefficient (Wildman–Crippen LogP) is 0.534. The summed E-state index contributed by atoms with van der Waals surface area (Å²) in [6, 6.07) is 0. The lowest BCUT2D eigenvalue weighted by Crippen LogP contribution is -2.53. The van der Waals surface area contributed by atoms with Crippen molar-refractivity contribution in [1.29, 1.82) is 0 Å². The molecule has 86 valence electrons. The van der Waals surface area contributed by atoms with Gasteiger partial charge in [-0.15, -0.1) is 0 Å². The van der Waals surface area contributed by atoms with E-state index < -0.39 is 23.5 Å². The largest absolute Gasteiger partial charge is 0.457 e. The van der Waals surface area contributed by atoms with Crippen molar-refractivity contribution in [2.75, 3.05) is 6.61 Å². The molecule has 0 aliphatic heterocycles. The average molecular weight is 226 g/mol. The molecule has 1 N–H and O–H groups in total. The molecule has 0 spiro atoms. The molecular formula is C7H9F3N2O3. The molecule has 0 fully saturated rings. The highest BCUT2D eigenvalue weighted by Gasteiger charge is 2.62. The molecule has 5 nitrogen and oxygen atoms in total. The molecule has 0 aliphatic rings. The van der Waals surface area contributed by atoms with Crippen molar-refractivity contribution in [1.82, 2.24) is 0 Å². The van der Waals surface area contributed by atoms with E-state index in [4.69, 9.17) is 10.6 Å². The van der Waals surface area contributed by atoms with E-state index in [0.717, 1.165) is 0 Å².